The summed E-state index contributed by atoms with van der Waals surface area (Å²) in [5.74, 6) is -0.931. The first-order chi connectivity index (χ1) is 17.2. The van der Waals surface area contributed by atoms with E-state index in [1.54, 1.807) is 31.2 Å². The highest BCUT2D eigenvalue weighted by molar-refractivity contribution is 6.35. The normalized spacial score (nSPS) is 19.9. The highest BCUT2D eigenvalue weighted by Crippen LogP contribution is 2.49. The lowest BCUT2D eigenvalue weighted by atomic mass is 9.72. The summed E-state index contributed by atoms with van der Waals surface area (Å²) in [7, 11) is 0. The molecule has 2 aliphatic rings. The standard InChI is InChI=1S/C28H22Cl2N2O4/c1-16-7-9-20(32(35)36)14-24(16)31-25-11-18(17-5-3-2-4-6-17)12-26(33)28(25)22(15-27(31)34)21-10-8-19(29)13-23(21)30/h2-10,13-14,18,22H,11-12,15H2,1H3. The molecule has 8 heteroatoms. The van der Waals surface area contributed by atoms with Crippen LogP contribution in [0.25, 0.3) is 0 Å². The first-order valence-electron chi connectivity index (χ1n) is 11.6. The fourth-order valence-corrected chi connectivity index (χ4v) is 5.82. The topological polar surface area (TPSA) is 80.5 Å². The molecule has 3 aromatic rings. The third-order valence-corrected chi connectivity index (χ3v) is 7.55. The molecule has 0 saturated heterocycles. The molecule has 6 nitrogen and oxygen atoms in total. The highest BCUT2D eigenvalue weighted by atomic mass is 35.5. The van der Waals surface area contributed by atoms with Crippen molar-refractivity contribution in [3.05, 3.63) is 115 Å². The van der Waals surface area contributed by atoms with Crippen LogP contribution in [0.15, 0.2) is 78.0 Å². The largest absolute Gasteiger partial charge is 0.294 e. The number of carbonyl (C=O) groups excluding carboxylic acids is 2. The maximum Gasteiger partial charge on any atom is 0.271 e. The Morgan fingerprint density at radius 3 is 2.39 bits per heavy atom. The van der Waals surface area contributed by atoms with E-state index in [1.165, 1.54) is 17.0 Å². The number of nitro benzene ring substituents is 1. The second-order valence-electron chi connectivity index (χ2n) is 9.18. The average Bonchev–Trinajstić information content (AvgIpc) is 2.84. The summed E-state index contributed by atoms with van der Waals surface area (Å²) >= 11 is 12.6. The van der Waals surface area contributed by atoms with Crippen molar-refractivity contribution in [1.29, 1.82) is 0 Å². The van der Waals surface area contributed by atoms with Gasteiger partial charge in [-0.05, 0) is 48.1 Å². The van der Waals surface area contributed by atoms with Gasteiger partial charge < -0.3 is 0 Å². The van der Waals surface area contributed by atoms with E-state index in [9.17, 15) is 19.7 Å². The maximum atomic E-state index is 13.7. The molecule has 3 aromatic carbocycles. The number of hydrogen-bond acceptors (Lipinski definition) is 4. The van der Waals surface area contributed by atoms with Crippen molar-refractivity contribution < 1.29 is 14.5 Å². The summed E-state index contributed by atoms with van der Waals surface area (Å²) in [6, 6.07) is 19.2. The first-order valence-corrected chi connectivity index (χ1v) is 12.3. The number of allylic oxidation sites excluding steroid dienone is 2. The molecular weight excluding hydrogens is 499 g/mol. The molecule has 5 rings (SSSR count). The van der Waals surface area contributed by atoms with Crippen LogP contribution in [-0.4, -0.2) is 16.6 Å². The number of halogens is 2. The minimum Gasteiger partial charge on any atom is -0.294 e. The third-order valence-electron chi connectivity index (χ3n) is 6.98. The van der Waals surface area contributed by atoms with E-state index in [4.69, 9.17) is 23.2 Å². The van der Waals surface area contributed by atoms with E-state index in [1.807, 2.05) is 30.3 Å². The predicted octanol–water partition coefficient (Wildman–Crippen LogP) is 7.13. The summed E-state index contributed by atoms with van der Waals surface area (Å²) in [6.07, 6.45) is 0.769. The van der Waals surface area contributed by atoms with Crippen molar-refractivity contribution in [2.75, 3.05) is 4.90 Å². The van der Waals surface area contributed by atoms with Crippen molar-refractivity contribution in [3.63, 3.8) is 0 Å². The van der Waals surface area contributed by atoms with E-state index in [2.05, 4.69) is 0 Å². The van der Waals surface area contributed by atoms with Crippen LogP contribution in [0.3, 0.4) is 0 Å². The molecule has 1 aliphatic heterocycles. The van der Waals surface area contributed by atoms with E-state index in [0.29, 0.717) is 51.0 Å². The second kappa shape index (κ2) is 9.52. The van der Waals surface area contributed by atoms with Crippen LogP contribution in [-0.2, 0) is 9.59 Å². The lowest BCUT2D eigenvalue weighted by Crippen LogP contribution is -2.42. The molecule has 36 heavy (non-hydrogen) atoms. The van der Waals surface area contributed by atoms with Crippen molar-refractivity contribution in [2.24, 2.45) is 0 Å². The molecule has 0 aromatic heterocycles. The number of nitro groups is 1. The van der Waals surface area contributed by atoms with E-state index in [0.717, 1.165) is 5.56 Å². The number of ketones is 1. The summed E-state index contributed by atoms with van der Waals surface area (Å²) in [6.45, 7) is 1.80. The molecule has 182 valence electrons. The molecule has 1 heterocycles. The van der Waals surface area contributed by atoms with Crippen LogP contribution in [0, 0.1) is 17.0 Å². The van der Waals surface area contributed by atoms with E-state index < -0.39 is 10.8 Å². The Kier molecular flexibility index (Phi) is 6.41. The Morgan fingerprint density at radius 2 is 1.69 bits per heavy atom. The minimum atomic E-state index is -0.517. The van der Waals surface area contributed by atoms with Gasteiger partial charge in [-0.25, -0.2) is 0 Å². The SMILES string of the molecule is Cc1ccc([N+](=O)[O-])cc1N1C(=O)CC(c2ccc(Cl)cc2Cl)C2=C1CC(c1ccccc1)CC2=O. The lowest BCUT2D eigenvalue weighted by Gasteiger charge is -2.41. The molecule has 0 N–H and O–H groups in total. The Hall–Kier alpha value is -3.48. The van der Waals surface area contributed by atoms with Gasteiger partial charge in [0.15, 0.2) is 5.78 Å². The zero-order valence-electron chi connectivity index (χ0n) is 19.4. The number of nitrogens with zero attached hydrogens (tertiary/aromatic N) is 2. The zero-order chi connectivity index (χ0) is 25.6. The van der Waals surface area contributed by atoms with Gasteiger partial charge in [0.2, 0.25) is 5.91 Å². The van der Waals surface area contributed by atoms with E-state index in [-0.39, 0.29) is 29.7 Å². The molecule has 0 bridgehead atoms. The Bertz CT molecular complexity index is 1430. The minimum absolute atomic E-state index is 0.0179. The van der Waals surface area contributed by atoms with Crippen molar-refractivity contribution in [2.45, 2.75) is 38.0 Å². The molecule has 2 unspecified atom stereocenters. The van der Waals surface area contributed by atoms with Crippen LogP contribution in [0.4, 0.5) is 11.4 Å². The van der Waals surface area contributed by atoms with Crippen LogP contribution < -0.4 is 4.90 Å². The van der Waals surface area contributed by atoms with Gasteiger partial charge in [-0.1, -0.05) is 65.7 Å². The number of amides is 1. The Morgan fingerprint density at radius 1 is 0.944 bits per heavy atom. The molecule has 0 spiro atoms. The van der Waals surface area contributed by atoms with Gasteiger partial charge in [-0.3, -0.25) is 24.6 Å². The van der Waals surface area contributed by atoms with Gasteiger partial charge in [0.1, 0.15) is 0 Å². The smallest absolute Gasteiger partial charge is 0.271 e. The van der Waals surface area contributed by atoms with Gasteiger partial charge in [0.05, 0.1) is 10.6 Å². The van der Waals surface area contributed by atoms with Crippen molar-refractivity contribution in [3.8, 4) is 0 Å². The monoisotopic (exact) mass is 520 g/mol. The number of rotatable bonds is 4. The molecule has 2 atom stereocenters. The number of anilines is 1. The van der Waals surface area contributed by atoms with Crippen molar-refractivity contribution >= 4 is 46.3 Å². The number of carbonyl (C=O) groups is 2. The zero-order valence-corrected chi connectivity index (χ0v) is 20.9. The summed E-state index contributed by atoms with van der Waals surface area (Å²) in [5, 5.41) is 12.4. The number of Topliss-reactive ketones (excluding diaryl/α,β-unsaturated/α-hetero) is 1. The fourth-order valence-electron chi connectivity index (χ4n) is 5.28. The van der Waals surface area contributed by atoms with Gasteiger partial charge in [0, 0.05) is 52.2 Å². The summed E-state index contributed by atoms with van der Waals surface area (Å²) in [5.41, 5.74) is 3.81. The Balaban J connectivity index is 1.71. The van der Waals surface area contributed by atoms with Crippen molar-refractivity contribution in [1.82, 2.24) is 0 Å². The molecular formula is C28H22Cl2N2O4. The molecule has 1 amide bonds. The molecule has 0 radical (unpaired) electrons. The quantitative estimate of drug-likeness (QED) is 0.270. The van der Waals surface area contributed by atoms with Crippen LogP contribution >= 0.6 is 23.2 Å². The van der Waals surface area contributed by atoms with Gasteiger partial charge in [0.25, 0.3) is 5.69 Å². The maximum absolute atomic E-state index is 13.7. The fraction of sp³-hybridized carbons (Fsp3) is 0.214. The van der Waals surface area contributed by atoms with Gasteiger partial charge in [-0.2, -0.15) is 0 Å². The molecule has 1 aliphatic carbocycles. The van der Waals surface area contributed by atoms with Gasteiger partial charge in [-0.15, -0.1) is 0 Å². The predicted molar refractivity (Wildman–Crippen MR) is 140 cm³/mol. The highest BCUT2D eigenvalue weighted by Gasteiger charge is 2.43. The Labute approximate surface area is 218 Å². The van der Waals surface area contributed by atoms with Crippen LogP contribution in [0.5, 0.6) is 0 Å². The average molecular weight is 521 g/mol. The lowest BCUT2D eigenvalue weighted by molar-refractivity contribution is -0.384. The van der Waals surface area contributed by atoms with Gasteiger partial charge >= 0.3 is 0 Å². The van der Waals surface area contributed by atoms with Crippen LogP contribution in [0.1, 0.15) is 47.8 Å². The van der Waals surface area contributed by atoms with E-state index >= 15 is 0 Å². The number of non-ortho nitro benzene ring substituents is 1. The number of hydrogen-bond donors (Lipinski definition) is 0. The molecule has 0 fully saturated rings. The number of benzene rings is 3. The van der Waals surface area contributed by atoms with Crippen LogP contribution in [0.2, 0.25) is 10.0 Å². The summed E-state index contributed by atoms with van der Waals surface area (Å²) < 4.78 is 0. The summed E-state index contributed by atoms with van der Waals surface area (Å²) in [4.78, 5) is 40.0. The number of aryl methyl sites for hydroxylation is 1. The second-order valence-corrected chi connectivity index (χ2v) is 10.0. The first kappa shape index (κ1) is 24.2. The molecule has 0 saturated carbocycles. The third kappa shape index (κ3) is 4.31.